The standard InChI is InChI=1S/C22H27FN4O2/c1-26-12-14-27(15-13-26)19-9-7-18(8-10-19)25-22(29)16-24-21(28)11-6-17-4-2-3-5-20(17)23/h2-5,7-10H,6,11-16H2,1H3,(H,24,28)(H,25,29). The first kappa shape index (κ1) is 20.8. The number of piperazine rings is 1. The normalized spacial score (nSPS) is 14.5. The lowest BCUT2D eigenvalue weighted by Gasteiger charge is -2.34. The van der Waals surface area contributed by atoms with Crippen molar-refractivity contribution in [3.05, 3.63) is 59.9 Å². The van der Waals surface area contributed by atoms with E-state index < -0.39 is 0 Å². The Bertz CT molecular complexity index is 833. The van der Waals surface area contributed by atoms with E-state index in [2.05, 4.69) is 27.5 Å². The lowest BCUT2D eigenvalue weighted by Crippen LogP contribution is -2.44. The molecule has 7 heteroatoms. The number of likely N-dealkylation sites (N-methyl/N-ethyl adjacent to an activating group) is 1. The van der Waals surface area contributed by atoms with Crippen molar-refractivity contribution in [3.63, 3.8) is 0 Å². The number of nitrogens with zero attached hydrogens (tertiary/aromatic N) is 2. The summed E-state index contributed by atoms with van der Waals surface area (Å²) >= 11 is 0. The lowest BCUT2D eigenvalue weighted by molar-refractivity contribution is -0.124. The quantitative estimate of drug-likeness (QED) is 0.751. The highest BCUT2D eigenvalue weighted by molar-refractivity contribution is 5.94. The van der Waals surface area contributed by atoms with Crippen molar-refractivity contribution in [3.8, 4) is 0 Å². The molecule has 29 heavy (non-hydrogen) atoms. The highest BCUT2D eigenvalue weighted by Crippen LogP contribution is 2.19. The van der Waals surface area contributed by atoms with Gasteiger partial charge >= 0.3 is 0 Å². The fourth-order valence-electron chi connectivity index (χ4n) is 3.24. The summed E-state index contributed by atoms with van der Waals surface area (Å²) in [6, 6.07) is 14.1. The van der Waals surface area contributed by atoms with Crippen LogP contribution < -0.4 is 15.5 Å². The van der Waals surface area contributed by atoms with Crippen LogP contribution in [0.15, 0.2) is 48.5 Å². The Hall–Kier alpha value is -2.93. The zero-order chi connectivity index (χ0) is 20.6. The number of carbonyl (C=O) groups excluding carboxylic acids is 2. The van der Waals surface area contributed by atoms with Crippen molar-refractivity contribution < 1.29 is 14.0 Å². The summed E-state index contributed by atoms with van der Waals surface area (Å²) in [5, 5.41) is 5.35. The second-order valence-corrected chi connectivity index (χ2v) is 7.25. The number of hydrogen-bond donors (Lipinski definition) is 2. The number of rotatable bonds is 7. The summed E-state index contributed by atoms with van der Waals surface area (Å²) in [5.74, 6) is -0.900. The maximum absolute atomic E-state index is 13.6. The second-order valence-electron chi connectivity index (χ2n) is 7.25. The minimum Gasteiger partial charge on any atom is -0.369 e. The number of benzene rings is 2. The van der Waals surface area contributed by atoms with Crippen molar-refractivity contribution in [1.82, 2.24) is 10.2 Å². The van der Waals surface area contributed by atoms with Gasteiger partial charge in [-0.05, 0) is 49.4 Å². The third kappa shape index (κ3) is 6.29. The van der Waals surface area contributed by atoms with E-state index in [1.807, 2.05) is 24.3 Å². The van der Waals surface area contributed by atoms with Crippen LogP contribution in [0.3, 0.4) is 0 Å². The fourth-order valence-corrected chi connectivity index (χ4v) is 3.24. The maximum Gasteiger partial charge on any atom is 0.243 e. The van der Waals surface area contributed by atoms with Gasteiger partial charge < -0.3 is 20.4 Å². The molecule has 0 aliphatic carbocycles. The van der Waals surface area contributed by atoms with Crippen LogP contribution in [0, 0.1) is 5.82 Å². The van der Waals surface area contributed by atoms with Gasteiger partial charge in [-0.2, -0.15) is 0 Å². The molecular weight excluding hydrogens is 371 g/mol. The van der Waals surface area contributed by atoms with Gasteiger partial charge in [-0.1, -0.05) is 18.2 Å². The van der Waals surface area contributed by atoms with Crippen molar-refractivity contribution in [2.75, 3.05) is 50.0 Å². The van der Waals surface area contributed by atoms with Crippen LogP contribution in [0.2, 0.25) is 0 Å². The molecule has 1 heterocycles. The summed E-state index contributed by atoms with van der Waals surface area (Å²) in [7, 11) is 2.12. The SMILES string of the molecule is CN1CCN(c2ccc(NC(=O)CNC(=O)CCc3ccccc3F)cc2)CC1. The number of hydrogen-bond acceptors (Lipinski definition) is 4. The summed E-state index contributed by atoms with van der Waals surface area (Å²) in [4.78, 5) is 28.6. The van der Waals surface area contributed by atoms with Crippen molar-refractivity contribution in [2.24, 2.45) is 0 Å². The number of carbonyl (C=O) groups is 2. The van der Waals surface area contributed by atoms with Gasteiger partial charge in [0.1, 0.15) is 5.82 Å². The Morgan fingerprint density at radius 2 is 1.66 bits per heavy atom. The summed E-state index contributed by atoms with van der Waals surface area (Å²) < 4.78 is 13.6. The van der Waals surface area contributed by atoms with Gasteiger partial charge in [0.2, 0.25) is 11.8 Å². The number of amides is 2. The van der Waals surface area contributed by atoms with Crippen LogP contribution >= 0.6 is 0 Å². The molecule has 6 nitrogen and oxygen atoms in total. The van der Waals surface area contributed by atoms with Crippen molar-refractivity contribution >= 4 is 23.2 Å². The van der Waals surface area contributed by atoms with E-state index in [0.29, 0.717) is 17.7 Å². The summed E-state index contributed by atoms with van der Waals surface area (Å²) in [6.07, 6.45) is 0.432. The molecule has 0 radical (unpaired) electrons. The predicted octanol–water partition coefficient (Wildman–Crippen LogP) is 2.26. The van der Waals surface area contributed by atoms with Gasteiger partial charge in [0.25, 0.3) is 0 Å². The zero-order valence-electron chi connectivity index (χ0n) is 16.7. The summed E-state index contributed by atoms with van der Waals surface area (Å²) in [6.45, 7) is 3.93. The predicted molar refractivity (Wildman–Crippen MR) is 113 cm³/mol. The van der Waals surface area contributed by atoms with Gasteiger partial charge in [0, 0.05) is 44.0 Å². The minimum absolute atomic E-state index is 0.115. The molecule has 2 N–H and O–H groups in total. The molecule has 0 unspecified atom stereocenters. The maximum atomic E-state index is 13.6. The molecule has 0 bridgehead atoms. The number of nitrogens with one attached hydrogen (secondary N) is 2. The average Bonchev–Trinajstić information content (AvgIpc) is 2.73. The third-order valence-electron chi connectivity index (χ3n) is 5.04. The molecule has 2 aromatic rings. The monoisotopic (exact) mass is 398 g/mol. The minimum atomic E-state index is -0.321. The molecule has 154 valence electrons. The van der Waals surface area contributed by atoms with Gasteiger partial charge in [-0.25, -0.2) is 4.39 Å². The smallest absolute Gasteiger partial charge is 0.243 e. The van der Waals surface area contributed by atoms with Crippen LogP contribution in [0.4, 0.5) is 15.8 Å². The van der Waals surface area contributed by atoms with Crippen molar-refractivity contribution in [2.45, 2.75) is 12.8 Å². The van der Waals surface area contributed by atoms with E-state index in [9.17, 15) is 14.0 Å². The topological polar surface area (TPSA) is 64.7 Å². The summed E-state index contributed by atoms with van der Waals surface area (Å²) in [5.41, 5.74) is 2.32. The van der Waals surface area contributed by atoms with Crippen LogP contribution in [0.25, 0.3) is 0 Å². The van der Waals surface area contributed by atoms with Gasteiger partial charge in [0.15, 0.2) is 0 Å². The van der Waals surface area contributed by atoms with E-state index in [1.165, 1.54) is 6.07 Å². The van der Waals surface area contributed by atoms with Gasteiger partial charge in [0.05, 0.1) is 6.54 Å². The molecule has 1 saturated heterocycles. The molecule has 0 atom stereocenters. The molecule has 1 aliphatic rings. The van der Waals surface area contributed by atoms with Crippen LogP contribution in [-0.4, -0.2) is 56.5 Å². The average molecular weight is 398 g/mol. The first-order valence-electron chi connectivity index (χ1n) is 9.85. The third-order valence-corrected chi connectivity index (χ3v) is 5.04. The zero-order valence-corrected chi connectivity index (χ0v) is 16.7. The highest BCUT2D eigenvalue weighted by atomic mass is 19.1. The molecule has 0 spiro atoms. The molecule has 1 fully saturated rings. The first-order valence-corrected chi connectivity index (χ1v) is 9.85. The first-order chi connectivity index (χ1) is 14.0. The van der Waals surface area contributed by atoms with E-state index in [4.69, 9.17) is 0 Å². The van der Waals surface area contributed by atoms with Gasteiger partial charge in [-0.3, -0.25) is 9.59 Å². The Labute approximate surface area is 170 Å². The Kier molecular flexibility index (Phi) is 7.19. The highest BCUT2D eigenvalue weighted by Gasteiger charge is 2.14. The Balaban J connectivity index is 1.40. The molecular formula is C22H27FN4O2. The van der Waals surface area contributed by atoms with E-state index in [0.717, 1.165) is 31.9 Å². The Morgan fingerprint density at radius 1 is 0.966 bits per heavy atom. The largest absolute Gasteiger partial charge is 0.369 e. The number of anilines is 2. The van der Waals surface area contributed by atoms with Gasteiger partial charge in [-0.15, -0.1) is 0 Å². The number of aryl methyl sites for hydroxylation is 1. The lowest BCUT2D eigenvalue weighted by atomic mass is 10.1. The van der Waals surface area contributed by atoms with E-state index in [1.54, 1.807) is 18.2 Å². The van der Waals surface area contributed by atoms with Crippen LogP contribution in [0.5, 0.6) is 0 Å². The number of halogens is 1. The molecule has 0 saturated carbocycles. The second kappa shape index (κ2) is 10.0. The molecule has 2 amide bonds. The molecule has 3 rings (SSSR count). The molecule has 1 aliphatic heterocycles. The Morgan fingerprint density at radius 3 is 2.34 bits per heavy atom. The van der Waals surface area contributed by atoms with E-state index in [-0.39, 0.29) is 30.6 Å². The molecule has 2 aromatic carbocycles. The van der Waals surface area contributed by atoms with Crippen LogP contribution in [-0.2, 0) is 16.0 Å². The van der Waals surface area contributed by atoms with Crippen molar-refractivity contribution in [1.29, 1.82) is 0 Å². The van der Waals surface area contributed by atoms with E-state index >= 15 is 0 Å². The van der Waals surface area contributed by atoms with Crippen LogP contribution in [0.1, 0.15) is 12.0 Å². The molecule has 0 aromatic heterocycles. The fraction of sp³-hybridized carbons (Fsp3) is 0.364.